The van der Waals surface area contributed by atoms with Crippen molar-refractivity contribution < 1.29 is 29.4 Å². The van der Waals surface area contributed by atoms with Gasteiger partial charge in [-0.05, 0) is 6.42 Å². The van der Waals surface area contributed by atoms with Crippen LogP contribution < -0.4 is 5.73 Å². The molecule has 1 atom stereocenters. The van der Waals surface area contributed by atoms with E-state index in [2.05, 4.69) is 0 Å². The molecule has 4 N–H and O–H groups in total. The van der Waals surface area contributed by atoms with Crippen molar-refractivity contribution >= 4 is 23.5 Å². The van der Waals surface area contributed by atoms with Crippen LogP contribution in [-0.2, 0) is 19.2 Å². The van der Waals surface area contributed by atoms with E-state index in [-0.39, 0.29) is 12.8 Å². The van der Waals surface area contributed by atoms with Crippen molar-refractivity contribution in [2.45, 2.75) is 25.3 Å². The van der Waals surface area contributed by atoms with Gasteiger partial charge < -0.3 is 15.9 Å². The molecule has 0 radical (unpaired) electrons. The van der Waals surface area contributed by atoms with Crippen LogP contribution in [0, 0.1) is 0 Å². The summed E-state index contributed by atoms with van der Waals surface area (Å²) in [4.78, 5) is 41.9. The lowest BCUT2D eigenvalue weighted by atomic mass is 10.0. The molecule has 0 aliphatic heterocycles. The highest BCUT2D eigenvalue weighted by Gasteiger charge is 2.21. The summed E-state index contributed by atoms with van der Waals surface area (Å²) in [6, 6.07) is -1.11. The number of hydrogen-bond acceptors (Lipinski definition) is 5. The number of hydrogen-bond donors (Lipinski definition) is 3. The Morgan fingerprint density at radius 2 is 1.67 bits per heavy atom. The molecule has 7 heteroatoms. The zero-order valence-corrected chi connectivity index (χ0v) is 7.80. The zero-order valence-electron chi connectivity index (χ0n) is 7.80. The maximum Gasteiger partial charge on any atom is 0.372 e. The first-order valence-corrected chi connectivity index (χ1v) is 4.10. The Hall–Kier alpha value is -1.76. The van der Waals surface area contributed by atoms with Crippen LogP contribution in [0.4, 0.5) is 0 Å². The number of aliphatic carboxylic acids is 2. The monoisotopic (exact) mass is 217 g/mol. The molecule has 84 valence electrons. The average molecular weight is 217 g/mol. The number of rotatable bonds is 7. The fourth-order valence-electron chi connectivity index (χ4n) is 0.805. The van der Waals surface area contributed by atoms with E-state index in [1.807, 2.05) is 0 Å². The quantitative estimate of drug-likeness (QED) is 0.359. The van der Waals surface area contributed by atoms with Crippen molar-refractivity contribution in [3.05, 3.63) is 0 Å². The lowest BCUT2D eigenvalue weighted by Crippen LogP contribution is -2.33. The molecule has 7 nitrogen and oxygen atoms in total. The van der Waals surface area contributed by atoms with Gasteiger partial charge in [0.15, 0.2) is 5.78 Å². The fourth-order valence-corrected chi connectivity index (χ4v) is 0.805. The third-order valence-corrected chi connectivity index (χ3v) is 1.66. The molecular weight excluding hydrogens is 206 g/mol. The summed E-state index contributed by atoms with van der Waals surface area (Å²) in [6.45, 7) is 0. The molecule has 15 heavy (non-hydrogen) atoms. The first-order valence-electron chi connectivity index (χ1n) is 4.10. The van der Waals surface area contributed by atoms with Gasteiger partial charge in [0.25, 0.3) is 0 Å². The molecule has 0 aromatic rings. The van der Waals surface area contributed by atoms with Gasteiger partial charge in [-0.25, -0.2) is 4.79 Å². The molecule has 0 aromatic carbocycles. The molecule has 0 saturated heterocycles. The number of carboxylic acid groups (broad SMARTS) is 2. The Kier molecular flexibility index (Phi) is 5.18. The van der Waals surface area contributed by atoms with Crippen molar-refractivity contribution in [1.82, 2.24) is 0 Å². The third kappa shape index (κ3) is 5.53. The minimum atomic E-state index is -1.70. The molecule has 0 aromatic heterocycles. The van der Waals surface area contributed by atoms with Gasteiger partial charge in [-0.1, -0.05) is 0 Å². The summed E-state index contributed by atoms with van der Waals surface area (Å²) >= 11 is 0. The Labute approximate surface area is 84.9 Å². The minimum absolute atomic E-state index is 0.110. The predicted octanol–water partition coefficient (Wildman–Crippen LogP) is -1.21. The molecule has 0 fully saturated rings. The summed E-state index contributed by atoms with van der Waals surface area (Å²) in [5.74, 6) is -4.81. The Balaban J connectivity index is 4.04. The van der Waals surface area contributed by atoms with Crippen LogP contribution in [0.1, 0.15) is 19.3 Å². The summed E-state index contributed by atoms with van der Waals surface area (Å²) in [7, 11) is 0. The maximum absolute atomic E-state index is 11.1. The van der Waals surface area contributed by atoms with Crippen LogP contribution in [0.3, 0.4) is 0 Å². The van der Waals surface area contributed by atoms with Gasteiger partial charge in [-0.15, -0.1) is 0 Å². The van der Waals surface area contributed by atoms with Crippen LogP contribution in [0.2, 0.25) is 0 Å². The second-order valence-corrected chi connectivity index (χ2v) is 2.91. The summed E-state index contributed by atoms with van der Waals surface area (Å²) in [5, 5.41) is 16.5. The molecule has 0 amide bonds. The van der Waals surface area contributed by atoms with E-state index >= 15 is 0 Å². The normalized spacial score (nSPS) is 11.8. The topological polar surface area (TPSA) is 135 Å². The van der Waals surface area contributed by atoms with Crippen molar-refractivity contribution in [2.75, 3.05) is 0 Å². The SMILES string of the molecule is N[C@@H](CCC(=O)O)C(=O)CC(=O)C(=O)O. The van der Waals surface area contributed by atoms with E-state index in [9.17, 15) is 19.2 Å². The second-order valence-electron chi connectivity index (χ2n) is 2.91. The first kappa shape index (κ1) is 13.2. The lowest BCUT2D eigenvalue weighted by molar-refractivity contribution is -0.150. The molecule has 0 heterocycles. The molecular formula is C8H11NO6. The zero-order chi connectivity index (χ0) is 12.0. The van der Waals surface area contributed by atoms with E-state index in [0.29, 0.717) is 0 Å². The number of carbonyl (C=O) groups is 4. The molecule has 0 aliphatic rings. The van der Waals surface area contributed by atoms with Gasteiger partial charge in [0.1, 0.15) is 0 Å². The van der Waals surface area contributed by atoms with Crippen LogP contribution in [-0.4, -0.2) is 39.8 Å². The van der Waals surface area contributed by atoms with Crippen LogP contribution in [0.25, 0.3) is 0 Å². The number of Topliss-reactive ketones (excluding diaryl/α,β-unsaturated/α-hetero) is 2. The third-order valence-electron chi connectivity index (χ3n) is 1.66. The van der Waals surface area contributed by atoms with Gasteiger partial charge in [-0.2, -0.15) is 0 Å². The standard InChI is InChI=1S/C8H11NO6/c9-4(1-2-7(12)13)5(10)3-6(11)8(14)15/h4H,1-3,9H2,(H,12,13)(H,14,15)/t4-/m0/s1. The Morgan fingerprint density at radius 3 is 2.07 bits per heavy atom. The van der Waals surface area contributed by atoms with Gasteiger partial charge in [0.2, 0.25) is 5.78 Å². The molecule has 0 unspecified atom stereocenters. The molecule has 0 spiro atoms. The van der Waals surface area contributed by atoms with Crippen molar-refractivity contribution in [2.24, 2.45) is 5.73 Å². The first-order chi connectivity index (χ1) is 6.84. The van der Waals surface area contributed by atoms with Crippen molar-refractivity contribution in [3.63, 3.8) is 0 Å². The Bertz CT molecular complexity index is 298. The van der Waals surface area contributed by atoms with Gasteiger partial charge in [-0.3, -0.25) is 14.4 Å². The molecule has 0 rings (SSSR count). The fraction of sp³-hybridized carbons (Fsp3) is 0.500. The van der Waals surface area contributed by atoms with Gasteiger partial charge in [0, 0.05) is 6.42 Å². The minimum Gasteiger partial charge on any atom is -0.481 e. The molecule has 0 saturated carbocycles. The summed E-state index contributed by atoms with van der Waals surface area (Å²) in [6.07, 6.45) is -1.20. The van der Waals surface area contributed by atoms with E-state index < -0.39 is 36.0 Å². The summed E-state index contributed by atoms with van der Waals surface area (Å²) < 4.78 is 0. The van der Waals surface area contributed by atoms with E-state index in [1.54, 1.807) is 0 Å². The maximum atomic E-state index is 11.1. The molecule has 0 bridgehead atoms. The van der Waals surface area contributed by atoms with E-state index in [0.717, 1.165) is 0 Å². The highest BCUT2D eigenvalue weighted by Crippen LogP contribution is 1.99. The number of carboxylic acids is 2. The summed E-state index contributed by atoms with van der Waals surface area (Å²) in [5.41, 5.74) is 5.26. The predicted molar refractivity (Wildman–Crippen MR) is 47.1 cm³/mol. The van der Waals surface area contributed by atoms with Crippen molar-refractivity contribution in [3.8, 4) is 0 Å². The van der Waals surface area contributed by atoms with E-state index in [1.165, 1.54) is 0 Å². The van der Waals surface area contributed by atoms with Crippen LogP contribution in [0.15, 0.2) is 0 Å². The van der Waals surface area contributed by atoms with Crippen LogP contribution >= 0.6 is 0 Å². The van der Waals surface area contributed by atoms with E-state index in [4.69, 9.17) is 15.9 Å². The smallest absolute Gasteiger partial charge is 0.372 e. The Morgan fingerprint density at radius 1 is 1.13 bits per heavy atom. The average Bonchev–Trinajstić information content (AvgIpc) is 2.13. The van der Waals surface area contributed by atoms with Gasteiger partial charge in [0.05, 0.1) is 12.5 Å². The highest BCUT2D eigenvalue weighted by atomic mass is 16.4. The lowest BCUT2D eigenvalue weighted by Gasteiger charge is -2.06. The second kappa shape index (κ2) is 5.86. The number of ketones is 2. The number of nitrogens with two attached hydrogens (primary N) is 1. The van der Waals surface area contributed by atoms with Crippen LogP contribution in [0.5, 0.6) is 0 Å². The molecule has 0 aliphatic carbocycles. The largest absolute Gasteiger partial charge is 0.481 e. The van der Waals surface area contributed by atoms with Gasteiger partial charge >= 0.3 is 11.9 Å². The van der Waals surface area contributed by atoms with Crippen molar-refractivity contribution in [1.29, 1.82) is 0 Å². The number of carbonyl (C=O) groups excluding carboxylic acids is 2. The highest BCUT2D eigenvalue weighted by molar-refractivity contribution is 6.36.